The first-order valence-corrected chi connectivity index (χ1v) is 10.4. The molecule has 4 N–H and O–H groups in total. The molecule has 3 aliphatic heterocycles. The van der Waals surface area contributed by atoms with E-state index in [2.05, 4.69) is 0 Å². The second kappa shape index (κ2) is 5.07. The Bertz CT molecular complexity index is 1260. The first kappa shape index (κ1) is 18.8. The average molecular weight is 442 g/mol. The van der Waals surface area contributed by atoms with E-state index in [1.54, 1.807) is 13.8 Å². The Balaban J connectivity index is 1.48. The maximum absolute atomic E-state index is 13.6. The van der Waals surface area contributed by atoms with Gasteiger partial charge in [0, 0.05) is 16.7 Å². The molecule has 1 aromatic rings. The standard InChI is InChI=1S/C22H18O10/c1-4-8-11(18-6(30-4)3-7(23)32-18)15(25)9-10(14(8)24)17(27)13-12(16(9)26)19-21(13)20(28)22(21,29)5(2)31-19/h4-6,18-20,26-29H,3H2,1-2H3. The van der Waals surface area contributed by atoms with Crippen LogP contribution in [0.4, 0.5) is 0 Å². The number of hydrogen-bond donors (Lipinski definition) is 4. The molecular weight excluding hydrogens is 424 g/mol. The van der Waals surface area contributed by atoms with Crippen LogP contribution < -0.4 is 0 Å². The molecule has 7 rings (SSSR count). The van der Waals surface area contributed by atoms with Crippen molar-refractivity contribution in [1.82, 2.24) is 0 Å². The van der Waals surface area contributed by atoms with E-state index in [1.807, 2.05) is 0 Å². The van der Waals surface area contributed by atoms with Gasteiger partial charge in [-0.05, 0) is 13.8 Å². The molecule has 166 valence electrons. The Labute approximate surface area is 180 Å². The fraction of sp³-hybridized carbons (Fsp3) is 0.500. The summed E-state index contributed by atoms with van der Waals surface area (Å²) in [5.74, 6) is -3.13. The van der Waals surface area contributed by atoms with Crippen molar-refractivity contribution in [1.29, 1.82) is 0 Å². The van der Waals surface area contributed by atoms with E-state index in [0.717, 1.165) is 0 Å². The third-order valence-electron chi connectivity index (χ3n) is 8.23. The predicted octanol–water partition coefficient (Wildman–Crippen LogP) is -0.307. The molecule has 0 amide bonds. The van der Waals surface area contributed by atoms with Crippen LogP contribution in [0.2, 0.25) is 0 Å². The molecule has 6 aliphatic rings. The summed E-state index contributed by atoms with van der Waals surface area (Å²) < 4.78 is 16.7. The molecule has 10 heteroatoms. The summed E-state index contributed by atoms with van der Waals surface area (Å²) in [4.78, 5) is 38.9. The van der Waals surface area contributed by atoms with Crippen molar-refractivity contribution in [3.63, 3.8) is 0 Å². The number of ketones is 2. The van der Waals surface area contributed by atoms with Gasteiger partial charge in [0.25, 0.3) is 0 Å². The first-order valence-electron chi connectivity index (χ1n) is 10.4. The van der Waals surface area contributed by atoms with Crippen LogP contribution in [0.5, 0.6) is 11.5 Å². The number of carbonyl (C=O) groups excluding carboxylic acids is 3. The van der Waals surface area contributed by atoms with Gasteiger partial charge < -0.3 is 34.6 Å². The number of phenolic OH excluding ortho intramolecular Hbond substituents is 2. The van der Waals surface area contributed by atoms with E-state index >= 15 is 0 Å². The number of fused-ring (bicyclic) bond motifs is 5. The lowest BCUT2D eigenvalue weighted by Crippen LogP contribution is -2.45. The third-order valence-corrected chi connectivity index (χ3v) is 8.23. The number of aromatic hydroxyl groups is 2. The molecule has 8 unspecified atom stereocenters. The van der Waals surface area contributed by atoms with Crippen molar-refractivity contribution in [3.8, 4) is 11.5 Å². The lowest BCUT2D eigenvalue weighted by molar-refractivity contribution is -0.140. The third kappa shape index (κ3) is 1.54. The average Bonchev–Trinajstić information content (AvgIpc) is 2.95. The highest BCUT2D eigenvalue weighted by Crippen LogP contribution is 2.81. The molecule has 8 atom stereocenters. The van der Waals surface area contributed by atoms with E-state index in [4.69, 9.17) is 14.2 Å². The molecule has 3 heterocycles. The zero-order valence-electron chi connectivity index (χ0n) is 16.9. The van der Waals surface area contributed by atoms with Gasteiger partial charge in [-0.1, -0.05) is 0 Å². The molecule has 1 aromatic carbocycles. The van der Waals surface area contributed by atoms with Gasteiger partial charge in [-0.3, -0.25) is 14.4 Å². The highest BCUT2D eigenvalue weighted by atomic mass is 16.6. The van der Waals surface area contributed by atoms with Gasteiger partial charge in [0.1, 0.15) is 35.4 Å². The van der Waals surface area contributed by atoms with Crippen LogP contribution >= 0.6 is 0 Å². The minimum Gasteiger partial charge on any atom is -0.507 e. The number of phenols is 2. The fourth-order valence-corrected chi connectivity index (χ4v) is 6.79. The Kier molecular flexibility index (Phi) is 2.97. The zero-order chi connectivity index (χ0) is 22.6. The fourth-order valence-electron chi connectivity index (χ4n) is 6.79. The van der Waals surface area contributed by atoms with Crippen LogP contribution in [-0.4, -0.2) is 74.1 Å². The smallest absolute Gasteiger partial charge is 0.309 e. The summed E-state index contributed by atoms with van der Waals surface area (Å²) in [6, 6.07) is 0. The summed E-state index contributed by atoms with van der Waals surface area (Å²) in [5, 5.41) is 43.7. The van der Waals surface area contributed by atoms with E-state index in [9.17, 15) is 34.8 Å². The maximum Gasteiger partial charge on any atom is 0.309 e. The largest absolute Gasteiger partial charge is 0.507 e. The molecule has 0 aromatic heterocycles. The Morgan fingerprint density at radius 2 is 1.62 bits per heavy atom. The van der Waals surface area contributed by atoms with Gasteiger partial charge >= 0.3 is 5.97 Å². The quantitative estimate of drug-likeness (QED) is 0.310. The Hall–Kier alpha value is -2.79. The van der Waals surface area contributed by atoms with Gasteiger partial charge in [0.15, 0.2) is 17.7 Å². The van der Waals surface area contributed by atoms with Gasteiger partial charge in [0.05, 0.1) is 40.7 Å². The molecule has 10 nitrogen and oxygen atoms in total. The van der Waals surface area contributed by atoms with Crippen molar-refractivity contribution >= 4 is 17.5 Å². The van der Waals surface area contributed by atoms with Crippen LogP contribution in [0.15, 0.2) is 11.1 Å². The Morgan fingerprint density at radius 3 is 2.31 bits per heavy atom. The normalized spacial score (nSPS) is 44.7. The summed E-state index contributed by atoms with van der Waals surface area (Å²) >= 11 is 0. The lowest BCUT2D eigenvalue weighted by atomic mass is 9.65. The molecule has 0 radical (unpaired) electrons. The van der Waals surface area contributed by atoms with Gasteiger partial charge in [-0.2, -0.15) is 0 Å². The summed E-state index contributed by atoms with van der Waals surface area (Å²) in [5.41, 5.74) is -3.81. The Morgan fingerprint density at radius 1 is 0.969 bits per heavy atom. The van der Waals surface area contributed by atoms with Crippen LogP contribution in [0, 0.1) is 0 Å². The minimum atomic E-state index is -1.67. The number of aliphatic hydroxyl groups is 2. The number of Topliss-reactive ketones (excluding diaryl/α,β-unsaturated/α-hetero) is 2. The molecule has 2 saturated heterocycles. The van der Waals surface area contributed by atoms with Crippen molar-refractivity contribution in [2.45, 2.75) is 67.9 Å². The van der Waals surface area contributed by atoms with Crippen molar-refractivity contribution < 1.29 is 49.0 Å². The number of carbonyl (C=O) groups is 3. The van der Waals surface area contributed by atoms with E-state index in [1.165, 1.54) is 0 Å². The lowest BCUT2D eigenvalue weighted by Gasteiger charge is -2.41. The van der Waals surface area contributed by atoms with Crippen LogP contribution in [-0.2, 0) is 24.4 Å². The zero-order valence-corrected chi connectivity index (χ0v) is 16.9. The number of rotatable bonds is 0. The van der Waals surface area contributed by atoms with Gasteiger partial charge in [-0.15, -0.1) is 0 Å². The van der Waals surface area contributed by atoms with E-state index in [-0.39, 0.29) is 28.7 Å². The maximum atomic E-state index is 13.6. The highest BCUT2D eigenvalue weighted by Gasteiger charge is 2.92. The monoisotopic (exact) mass is 442 g/mol. The van der Waals surface area contributed by atoms with Gasteiger partial charge in [0.2, 0.25) is 0 Å². The molecular formula is C22H18O10. The molecule has 1 spiro atoms. The predicted molar refractivity (Wildman–Crippen MR) is 100 cm³/mol. The van der Waals surface area contributed by atoms with Crippen molar-refractivity contribution in [2.75, 3.05) is 0 Å². The van der Waals surface area contributed by atoms with Crippen molar-refractivity contribution in [2.24, 2.45) is 0 Å². The van der Waals surface area contributed by atoms with Crippen molar-refractivity contribution in [3.05, 3.63) is 33.4 Å². The SMILES string of the molecule is CC1OC2CC(=O)OC2C2=C1C(=O)c1c(O)c3c(c(O)c1C2=O)C1OC(C)C2(O)C(O)C312. The summed E-state index contributed by atoms with van der Waals surface area (Å²) in [6.07, 6.45) is -5.69. The molecule has 0 bridgehead atoms. The van der Waals surface area contributed by atoms with Crippen LogP contribution in [0.25, 0.3) is 0 Å². The number of aliphatic hydroxyl groups excluding tert-OH is 1. The second-order valence-corrected chi connectivity index (χ2v) is 9.41. The molecule has 3 fully saturated rings. The van der Waals surface area contributed by atoms with Crippen LogP contribution in [0.1, 0.15) is 58.2 Å². The van der Waals surface area contributed by atoms with Gasteiger partial charge in [-0.25, -0.2) is 0 Å². The minimum absolute atomic E-state index is 0.0258. The topological polar surface area (TPSA) is 160 Å². The highest BCUT2D eigenvalue weighted by molar-refractivity contribution is 6.30. The molecule has 1 saturated carbocycles. The summed E-state index contributed by atoms with van der Waals surface area (Å²) in [6.45, 7) is 3.13. The molecule has 32 heavy (non-hydrogen) atoms. The first-order chi connectivity index (χ1) is 15.1. The number of hydrogen-bond acceptors (Lipinski definition) is 10. The summed E-state index contributed by atoms with van der Waals surface area (Å²) in [7, 11) is 0. The second-order valence-electron chi connectivity index (χ2n) is 9.41. The number of benzene rings is 1. The number of esters is 1. The number of ether oxygens (including phenoxy) is 3. The van der Waals surface area contributed by atoms with E-state index < -0.39 is 87.8 Å². The molecule has 3 aliphatic carbocycles. The van der Waals surface area contributed by atoms with E-state index in [0.29, 0.717) is 0 Å². The van der Waals surface area contributed by atoms with Crippen LogP contribution in [0.3, 0.4) is 0 Å².